The van der Waals surface area contributed by atoms with E-state index >= 15 is 0 Å². The molecule has 1 fully saturated rings. The molecule has 34 heavy (non-hydrogen) atoms. The lowest BCUT2D eigenvalue weighted by atomic mass is 9.99. The van der Waals surface area contributed by atoms with Gasteiger partial charge in [0.15, 0.2) is 6.61 Å². The van der Waals surface area contributed by atoms with Crippen molar-refractivity contribution in [3.63, 3.8) is 0 Å². The number of rotatable bonds is 5. The minimum atomic E-state index is -0.693. The van der Waals surface area contributed by atoms with E-state index in [1.165, 1.54) is 11.0 Å². The Balaban J connectivity index is 1.23. The third-order valence-corrected chi connectivity index (χ3v) is 6.07. The molecule has 3 heterocycles. The number of fused-ring (bicyclic) bond motifs is 1. The SMILES string of the molecule is O=C1COc2cc(F)c(C(=O)N3CC(COc4ccc(Cl)cc4-c4ccnc(Cl)c4)C3)cc2N1. The van der Waals surface area contributed by atoms with Crippen LogP contribution in [0.3, 0.4) is 0 Å². The fourth-order valence-corrected chi connectivity index (χ4v) is 4.25. The van der Waals surface area contributed by atoms with Gasteiger partial charge in [-0.25, -0.2) is 9.37 Å². The first-order valence-corrected chi connectivity index (χ1v) is 11.2. The summed E-state index contributed by atoms with van der Waals surface area (Å²) < 4.78 is 25.7. The number of anilines is 1. The van der Waals surface area contributed by atoms with Crippen LogP contribution in [-0.4, -0.2) is 48.0 Å². The van der Waals surface area contributed by atoms with Crippen LogP contribution in [0.1, 0.15) is 10.4 Å². The van der Waals surface area contributed by atoms with Gasteiger partial charge in [0.2, 0.25) is 0 Å². The number of nitrogens with one attached hydrogen (secondary N) is 1. The molecule has 0 atom stereocenters. The van der Waals surface area contributed by atoms with Crippen LogP contribution in [-0.2, 0) is 4.79 Å². The molecular weight excluding hydrogens is 484 g/mol. The molecule has 3 aromatic rings. The maximum absolute atomic E-state index is 14.5. The summed E-state index contributed by atoms with van der Waals surface area (Å²) in [5, 5.41) is 3.51. The molecule has 0 aliphatic carbocycles. The van der Waals surface area contributed by atoms with Crippen molar-refractivity contribution < 1.29 is 23.5 Å². The predicted molar refractivity (Wildman–Crippen MR) is 125 cm³/mol. The average Bonchev–Trinajstić information content (AvgIpc) is 2.78. The number of nitrogens with zero attached hydrogens (tertiary/aromatic N) is 2. The molecule has 7 nitrogen and oxygen atoms in total. The monoisotopic (exact) mass is 501 g/mol. The fraction of sp³-hybridized carbons (Fsp3) is 0.208. The largest absolute Gasteiger partial charge is 0.493 e. The van der Waals surface area contributed by atoms with Crippen molar-refractivity contribution in [2.45, 2.75) is 0 Å². The summed E-state index contributed by atoms with van der Waals surface area (Å²) in [7, 11) is 0. The molecule has 0 unspecified atom stereocenters. The Morgan fingerprint density at radius 1 is 1.21 bits per heavy atom. The summed E-state index contributed by atoms with van der Waals surface area (Å²) in [5.41, 5.74) is 1.78. The minimum Gasteiger partial charge on any atom is -0.493 e. The van der Waals surface area contributed by atoms with Crippen LogP contribution in [0.25, 0.3) is 11.1 Å². The standard InChI is InChI=1S/C24H18Cl2FN3O4/c25-15-1-2-20(16(6-15)14-3-4-28-22(26)5-14)33-11-13-9-30(10-13)24(32)17-7-19-21(8-18(17)27)34-12-23(31)29-19/h1-8,13H,9-12H2,(H,29,31). The molecule has 1 saturated heterocycles. The van der Waals surface area contributed by atoms with Crippen molar-refractivity contribution in [2.24, 2.45) is 5.92 Å². The number of halogens is 3. The number of carbonyl (C=O) groups is 2. The van der Waals surface area contributed by atoms with Crippen molar-refractivity contribution in [3.05, 3.63) is 70.2 Å². The number of carbonyl (C=O) groups excluding carboxylic acids is 2. The molecule has 174 valence electrons. The third kappa shape index (κ3) is 4.51. The van der Waals surface area contributed by atoms with Crippen LogP contribution >= 0.6 is 23.2 Å². The summed E-state index contributed by atoms with van der Waals surface area (Å²) in [6, 6.07) is 11.3. The van der Waals surface area contributed by atoms with Crippen LogP contribution < -0.4 is 14.8 Å². The normalized spacial score (nSPS) is 15.1. The fourth-order valence-electron chi connectivity index (χ4n) is 3.91. The topological polar surface area (TPSA) is 80.8 Å². The van der Waals surface area contributed by atoms with Gasteiger partial charge in [0, 0.05) is 41.9 Å². The van der Waals surface area contributed by atoms with Gasteiger partial charge in [-0.05, 0) is 42.0 Å². The highest BCUT2D eigenvalue weighted by Crippen LogP contribution is 2.35. The smallest absolute Gasteiger partial charge is 0.262 e. The third-order valence-electron chi connectivity index (χ3n) is 5.63. The van der Waals surface area contributed by atoms with Crippen molar-refractivity contribution >= 4 is 40.7 Å². The van der Waals surface area contributed by atoms with E-state index in [-0.39, 0.29) is 35.4 Å². The number of amides is 2. The number of likely N-dealkylation sites (tertiary alicyclic amines) is 1. The Kier molecular flexibility index (Phi) is 6.02. The Bertz CT molecular complexity index is 1300. The number of hydrogen-bond donors (Lipinski definition) is 1. The van der Waals surface area contributed by atoms with E-state index in [1.54, 1.807) is 30.5 Å². The Morgan fingerprint density at radius 2 is 2.03 bits per heavy atom. The maximum atomic E-state index is 14.5. The Morgan fingerprint density at radius 3 is 2.82 bits per heavy atom. The van der Waals surface area contributed by atoms with Crippen LogP contribution in [0.5, 0.6) is 11.5 Å². The molecular formula is C24H18Cl2FN3O4. The predicted octanol–water partition coefficient (Wildman–Crippen LogP) is 4.68. The van der Waals surface area contributed by atoms with Crippen LogP contribution in [0.4, 0.5) is 10.1 Å². The molecule has 2 amide bonds. The zero-order chi connectivity index (χ0) is 23.8. The van der Waals surface area contributed by atoms with Gasteiger partial charge in [-0.2, -0.15) is 0 Å². The van der Waals surface area contributed by atoms with Crippen molar-refractivity contribution in [3.8, 4) is 22.6 Å². The highest BCUT2D eigenvalue weighted by atomic mass is 35.5. The number of hydrogen-bond acceptors (Lipinski definition) is 5. The van der Waals surface area contributed by atoms with E-state index < -0.39 is 11.7 Å². The van der Waals surface area contributed by atoms with E-state index in [1.807, 2.05) is 6.07 Å². The van der Waals surface area contributed by atoms with E-state index in [4.69, 9.17) is 32.7 Å². The molecule has 5 rings (SSSR count). The molecule has 1 N–H and O–H groups in total. The lowest BCUT2D eigenvalue weighted by Crippen LogP contribution is -2.52. The first kappa shape index (κ1) is 22.4. The van der Waals surface area contributed by atoms with Gasteiger partial charge < -0.3 is 19.7 Å². The van der Waals surface area contributed by atoms with E-state index in [9.17, 15) is 14.0 Å². The Hall–Kier alpha value is -3.36. The van der Waals surface area contributed by atoms with Crippen LogP contribution in [0.2, 0.25) is 10.2 Å². The number of aromatic nitrogens is 1. The average molecular weight is 502 g/mol. The summed E-state index contributed by atoms with van der Waals surface area (Å²) in [6.45, 7) is 1.02. The van der Waals surface area contributed by atoms with E-state index in [2.05, 4.69) is 10.3 Å². The lowest BCUT2D eigenvalue weighted by molar-refractivity contribution is -0.118. The summed E-state index contributed by atoms with van der Waals surface area (Å²) >= 11 is 12.2. The first-order valence-electron chi connectivity index (χ1n) is 10.5. The van der Waals surface area contributed by atoms with Crippen LogP contribution in [0.15, 0.2) is 48.7 Å². The molecule has 2 aliphatic heterocycles. The van der Waals surface area contributed by atoms with Crippen molar-refractivity contribution in [2.75, 3.05) is 31.6 Å². The molecule has 1 aromatic heterocycles. The number of pyridine rings is 1. The second-order valence-electron chi connectivity index (χ2n) is 8.06. The highest BCUT2D eigenvalue weighted by molar-refractivity contribution is 6.31. The van der Waals surface area contributed by atoms with E-state index in [0.717, 1.165) is 17.2 Å². The minimum absolute atomic E-state index is 0.0808. The number of ether oxygens (including phenoxy) is 2. The molecule has 0 radical (unpaired) electrons. The lowest BCUT2D eigenvalue weighted by Gasteiger charge is -2.39. The maximum Gasteiger partial charge on any atom is 0.262 e. The number of benzene rings is 2. The zero-order valence-corrected chi connectivity index (χ0v) is 19.2. The second-order valence-corrected chi connectivity index (χ2v) is 8.88. The second kappa shape index (κ2) is 9.12. The first-order chi connectivity index (χ1) is 16.4. The van der Waals surface area contributed by atoms with Gasteiger partial charge in [0.1, 0.15) is 22.5 Å². The van der Waals surface area contributed by atoms with Gasteiger partial charge in [0.25, 0.3) is 11.8 Å². The van der Waals surface area contributed by atoms with Crippen molar-refractivity contribution in [1.29, 1.82) is 0 Å². The highest BCUT2D eigenvalue weighted by Gasteiger charge is 2.34. The quantitative estimate of drug-likeness (QED) is 0.513. The van der Waals surface area contributed by atoms with Gasteiger partial charge in [-0.15, -0.1) is 0 Å². The molecule has 10 heteroatoms. The molecule has 0 bridgehead atoms. The summed E-state index contributed by atoms with van der Waals surface area (Å²) in [4.78, 5) is 29.9. The van der Waals surface area contributed by atoms with Gasteiger partial charge in [0.05, 0.1) is 17.9 Å². The van der Waals surface area contributed by atoms with Crippen molar-refractivity contribution in [1.82, 2.24) is 9.88 Å². The summed E-state index contributed by atoms with van der Waals surface area (Å²) in [5.74, 6) is -0.575. The van der Waals surface area contributed by atoms with Gasteiger partial charge in [-0.1, -0.05) is 23.2 Å². The molecule has 0 spiro atoms. The van der Waals surface area contributed by atoms with Gasteiger partial charge >= 0.3 is 0 Å². The molecule has 2 aromatic carbocycles. The van der Waals surface area contributed by atoms with Crippen LogP contribution in [0, 0.1) is 11.7 Å². The van der Waals surface area contributed by atoms with Gasteiger partial charge in [-0.3, -0.25) is 9.59 Å². The summed E-state index contributed by atoms with van der Waals surface area (Å²) in [6.07, 6.45) is 1.61. The molecule has 2 aliphatic rings. The molecule has 0 saturated carbocycles. The van der Waals surface area contributed by atoms with E-state index in [0.29, 0.717) is 35.6 Å². The Labute approximate surface area is 204 Å². The zero-order valence-electron chi connectivity index (χ0n) is 17.7.